The van der Waals surface area contributed by atoms with Crippen LogP contribution < -0.4 is 10.1 Å². The molecule has 3 heteroatoms. The Labute approximate surface area is 122 Å². The molecule has 1 aromatic carbocycles. The van der Waals surface area contributed by atoms with Gasteiger partial charge in [0.05, 0.1) is 13.5 Å². The van der Waals surface area contributed by atoms with Gasteiger partial charge in [0.15, 0.2) is 0 Å². The summed E-state index contributed by atoms with van der Waals surface area (Å²) >= 11 is 0. The fraction of sp³-hybridized carbons (Fsp3) is 0.588. The quantitative estimate of drug-likeness (QED) is 0.699. The molecular formula is C17H27NO2. The molecule has 1 N–H and O–H groups in total. The normalized spacial score (nSPS) is 11.9. The Kier molecular flexibility index (Phi) is 7.78. The van der Waals surface area contributed by atoms with Crippen molar-refractivity contribution >= 4 is 5.91 Å². The van der Waals surface area contributed by atoms with E-state index in [0.29, 0.717) is 6.42 Å². The molecule has 112 valence electrons. The highest BCUT2D eigenvalue weighted by Gasteiger charge is 2.10. The number of ether oxygens (including phenoxy) is 1. The van der Waals surface area contributed by atoms with Crippen LogP contribution in [0, 0.1) is 0 Å². The number of unbranched alkanes of at least 4 members (excludes halogenated alkanes) is 3. The van der Waals surface area contributed by atoms with E-state index in [-0.39, 0.29) is 11.9 Å². The second-order valence-electron chi connectivity index (χ2n) is 5.31. The van der Waals surface area contributed by atoms with Crippen molar-refractivity contribution in [1.29, 1.82) is 0 Å². The summed E-state index contributed by atoms with van der Waals surface area (Å²) in [6.07, 6.45) is 6.39. The molecule has 0 spiro atoms. The molecule has 0 bridgehead atoms. The maximum absolute atomic E-state index is 12.0. The van der Waals surface area contributed by atoms with Crippen LogP contribution in [-0.4, -0.2) is 19.1 Å². The van der Waals surface area contributed by atoms with E-state index in [9.17, 15) is 4.79 Å². The van der Waals surface area contributed by atoms with Gasteiger partial charge in [0.25, 0.3) is 0 Å². The molecule has 1 aromatic rings. The first-order valence-corrected chi connectivity index (χ1v) is 7.58. The van der Waals surface area contributed by atoms with Gasteiger partial charge in [-0.15, -0.1) is 0 Å². The van der Waals surface area contributed by atoms with Gasteiger partial charge in [-0.3, -0.25) is 4.79 Å². The zero-order valence-corrected chi connectivity index (χ0v) is 12.9. The minimum Gasteiger partial charge on any atom is -0.496 e. The highest BCUT2D eigenvalue weighted by atomic mass is 16.5. The van der Waals surface area contributed by atoms with Crippen molar-refractivity contribution in [3.63, 3.8) is 0 Å². The zero-order valence-electron chi connectivity index (χ0n) is 12.9. The summed E-state index contributed by atoms with van der Waals surface area (Å²) < 4.78 is 5.26. The number of hydrogen-bond acceptors (Lipinski definition) is 2. The molecule has 0 aliphatic heterocycles. The standard InChI is InChI=1S/C17H27NO2/c1-4-5-6-7-10-14(2)18-17(19)13-15-11-8-9-12-16(15)20-3/h8-9,11-12,14H,4-7,10,13H2,1-3H3,(H,18,19). The molecule has 1 rings (SSSR count). The van der Waals surface area contributed by atoms with Crippen LogP contribution >= 0.6 is 0 Å². The summed E-state index contributed by atoms with van der Waals surface area (Å²) in [6.45, 7) is 4.28. The predicted molar refractivity (Wildman–Crippen MR) is 83.1 cm³/mol. The van der Waals surface area contributed by atoms with Crippen LogP contribution in [0.5, 0.6) is 5.75 Å². The molecule has 0 fully saturated rings. The second kappa shape index (κ2) is 9.40. The molecule has 0 saturated heterocycles. The third-order valence-corrected chi connectivity index (χ3v) is 3.44. The van der Waals surface area contributed by atoms with Crippen LogP contribution in [-0.2, 0) is 11.2 Å². The van der Waals surface area contributed by atoms with E-state index in [2.05, 4.69) is 19.2 Å². The fourth-order valence-corrected chi connectivity index (χ4v) is 2.30. The molecular weight excluding hydrogens is 250 g/mol. The van der Waals surface area contributed by atoms with E-state index in [1.165, 1.54) is 25.7 Å². The van der Waals surface area contributed by atoms with E-state index >= 15 is 0 Å². The highest BCUT2D eigenvalue weighted by molar-refractivity contribution is 5.79. The lowest BCUT2D eigenvalue weighted by Gasteiger charge is -2.14. The van der Waals surface area contributed by atoms with E-state index in [1.807, 2.05) is 24.3 Å². The molecule has 0 heterocycles. The third-order valence-electron chi connectivity index (χ3n) is 3.44. The monoisotopic (exact) mass is 277 g/mol. The largest absolute Gasteiger partial charge is 0.496 e. The second-order valence-corrected chi connectivity index (χ2v) is 5.31. The van der Waals surface area contributed by atoms with E-state index in [0.717, 1.165) is 17.7 Å². The van der Waals surface area contributed by atoms with Crippen molar-refractivity contribution in [1.82, 2.24) is 5.32 Å². The number of para-hydroxylation sites is 1. The van der Waals surface area contributed by atoms with Crippen LogP contribution in [0.3, 0.4) is 0 Å². The first-order valence-electron chi connectivity index (χ1n) is 7.58. The number of rotatable bonds is 9. The molecule has 0 radical (unpaired) electrons. The highest BCUT2D eigenvalue weighted by Crippen LogP contribution is 2.17. The summed E-state index contributed by atoms with van der Waals surface area (Å²) in [7, 11) is 1.63. The third kappa shape index (κ3) is 6.09. The van der Waals surface area contributed by atoms with Crippen LogP contribution in [0.2, 0.25) is 0 Å². The van der Waals surface area contributed by atoms with Gasteiger partial charge in [-0.2, -0.15) is 0 Å². The van der Waals surface area contributed by atoms with Gasteiger partial charge in [-0.05, 0) is 19.4 Å². The molecule has 3 nitrogen and oxygen atoms in total. The SMILES string of the molecule is CCCCCCC(C)NC(=O)Cc1ccccc1OC. The lowest BCUT2D eigenvalue weighted by Crippen LogP contribution is -2.33. The van der Waals surface area contributed by atoms with Gasteiger partial charge in [-0.25, -0.2) is 0 Å². The van der Waals surface area contributed by atoms with Crippen LogP contribution in [0.25, 0.3) is 0 Å². The maximum Gasteiger partial charge on any atom is 0.224 e. The summed E-state index contributed by atoms with van der Waals surface area (Å²) in [5.74, 6) is 0.843. The Balaban J connectivity index is 2.35. The topological polar surface area (TPSA) is 38.3 Å². The van der Waals surface area contributed by atoms with Crippen LogP contribution in [0.4, 0.5) is 0 Å². The van der Waals surface area contributed by atoms with Gasteiger partial charge in [0, 0.05) is 11.6 Å². The number of nitrogens with one attached hydrogen (secondary N) is 1. The molecule has 0 aliphatic carbocycles. The van der Waals surface area contributed by atoms with Gasteiger partial charge in [0.1, 0.15) is 5.75 Å². The number of benzene rings is 1. The predicted octanol–water partition coefficient (Wildman–Crippen LogP) is 3.71. The fourth-order valence-electron chi connectivity index (χ4n) is 2.30. The van der Waals surface area contributed by atoms with E-state index < -0.39 is 0 Å². The molecule has 0 saturated carbocycles. The molecule has 0 aromatic heterocycles. The number of carbonyl (C=O) groups excluding carboxylic acids is 1. The molecule has 0 aliphatic rings. The number of hydrogen-bond donors (Lipinski definition) is 1. The van der Waals surface area contributed by atoms with Gasteiger partial charge < -0.3 is 10.1 Å². The average Bonchev–Trinajstić information content (AvgIpc) is 2.44. The van der Waals surface area contributed by atoms with Crippen LogP contribution in [0.1, 0.15) is 51.5 Å². The Morgan fingerprint density at radius 3 is 2.70 bits per heavy atom. The van der Waals surface area contributed by atoms with Crippen molar-refractivity contribution < 1.29 is 9.53 Å². The lowest BCUT2D eigenvalue weighted by atomic mass is 10.1. The number of amides is 1. The van der Waals surface area contributed by atoms with Gasteiger partial charge in [-0.1, -0.05) is 50.8 Å². The summed E-state index contributed by atoms with van der Waals surface area (Å²) in [5.41, 5.74) is 0.936. The maximum atomic E-state index is 12.0. The lowest BCUT2D eigenvalue weighted by molar-refractivity contribution is -0.121. The number of carbonyl (C=O) groups is 1. The number of methoxy groups -OCH3 is 1. The Hall–Kier alpha value is -1.51. The van der Waals surface area contributed by atoms with E-state index in [4.69, 9.17) is 4.74 Å². The Morgan fingerprint density at radius 2 is 2.00 bits per heavy atom. The smallest absolute Gasteiger partial charge is 0.224 e. The summed E-state index contributed by atoms with van der Waals surface area (Å²) in [6, 6.07) is 7.91. The zero-order chi connectivity index (χ0) is 14.8. The molecule has 20 heavy (non-hydrogen) atoms. The van der Waals surface area contributed by atoms with Gasteiger partial charge >= 0.3 is 0 Å². The van der Waals surface area contributed by atoms with Crippen molar-refractivity contribution in [2.45, 2.75) is 58.4 Å². The van der Waals surface area contributed by atoms with Crippen molar-refractivity contribution in [2.75, 3.05) is 7.11 Å². The van der Waals surface area contributed by atoms with Crippen molar-refractivity contribution in [3.8, 4) is 5.75 Å². The average molecular weight is 277 g/mol. The van der Waals surface area contributed by atoms with Crippen molar-refractivity contribution in [2.24, 2.45) is 0 Å². The summed E-state index contributed by atoms with van der Waals surface area (Å²) in [4.78, 5) is 12.0. The first-order chi connectivity index (χ1) is 9.67. The van der Waals surface area contributed by atoms with E-state index in [1.54, 1.807) is 7.11 Å². The first kappa shape index (κ1) is 16.5. The summed E-state index contributed by atoms with van der Waals surface area (Å²) in [5, 5.41) is 3.06. The molecule has 1 atom stereocenters. The van der Waals surface area contributed by atoms with Gasteiger partial charge in [0.2, 0.25) is 5.91 Å². The van der Waals surface area contributed by atoms with Crippen LogP contribution in [0.15, 0.2) is 24.3 Å². The molecule has 1 unspecified atom stereocenters. The van der Waals surface area contributed by atoms with Crippen molar-refractivity contribution in [3.05, 3.63) is 29.8 Å². The minimum absolute atomic E-state index is 0.0671. The Morgan fingerprint density at radius 1 is 1.25 bits per heavy atom. The molecule has 1 amide bonds. The Bertz CT molecular complexity index is 404. The minimum atomic E-state index is 0.0671.